The Morgan fingerprint density at radius 2 is 1.76 bits per heavy atom. The van der Waals surface area contributed by atoms with Gasteiger partial charge >= 0.3 is 0 Å². The zero-order chi connectivity index (χ0) is 12.3. The molecule has 1 fully saturated rings. The van der Waals surface area contributed by atoms with E-state index in [1.165, 1.54) is 0 Å². The van der Waals surface area contributed by atoms with Crippen LogP contribution >= 0.6 is 23.2 Å². The molecule has 5 heteroatoms. The lowest BCUT2D eigenvalue weighted by Crippen LogP contribution is -2.46. The second kappa shape index (κ2) is 6.03. The lowest BCUT2D eigenvalue weighted by atomic mass is 10.1. The average Bonchev–Trinajstić information content (AvgIpc) is 2.30. The third kappa shape index (κ3) is 3.33. The van der Waals surface area contributed by atoms with Crippen molar-refractivity contribution in [1.82, 2.24) is 10.2 Å². The molecule has 0 saturated carbocycles. The van der Waals surface area contributed by atoms with Gasteiger partial charge in [0.15, 0.2) is 0 Å². The van der Waals surface area contributed by atoms with Gasteiger partial charge in [-0.25, -0.2) is 0 Å². The highest BCUT2D eigenvalue weighted by molar-refractivity contribution is 6.34. The van der Waals surface area contributed by atoms with Crippen molar-refractivity contribution in [1.29, 1.82) is 0 Å². The highest BCUT2D eigenvalue weighted by Crippen LogP contribution is 2.27. The Labute approximate surface area is 111 Å². The maximum atomic E-state index is 9.57. The Morgan fingerprint density at radius 1 is 1.18 bits per heavy atom. The SMILES string of the molecule is OC[C@H](c1cc(Cl)cc(Cl)c1)N1CCNCC1. The monoisotopic (exact) mass is 274 g/mol. The summed E-state index contributed by atoms with van der Waals surface area (Å²) in [4.78, 5) is 2.25. The van der Waals surface area contributed by atoms with Gasteiger partial charge < -0.3 is 10.4 Å². The largest absolute Gasteiger partial charge is 0.394 e. The first-order valence-electron chi connectivity index (χ1n) is 5.72. The molecule has 94 valence electrons. The summed E-state index contributed by atoms with van der Waals surface area (Å²) in [7, 11) is 0. The highest BCUT2D eigenvalue weighted by atomic mass is 35.5. The van der Waals surface area contributed by atoms with Crippen molar-refractivity contribution in [3.05, 3.63) is 33.8 Å². The summed E-state index contributed by atoms with van der Waals surface area (Å²) in [6.45, 7) is 3.83. The predicted octanol–water partition coefficient (Wildman–Crippen LogP) is 1.93. The van der Waals surface area contributed by atoms with E-state index in [0.29, 0.717) is 10.0 Å². The number of piperazine rings is 1. The van der Waals surface area contributed by atoms with Crippen LogP contribution in [0.1, 0.15) is 11.6 Å². The van der Waals surface area contributed by atoms with Gasteiger partial charge in [0.25, 0.3) is 0 Å². The van der Waals surface area contributed by atoms with Crippen LogP contribution in [0.2, 0.25) is 10.0 Å². The van der Waals surface area contributed by atoms with Crippen molar-refractivity contribution in [3.8, 4) is 0 Å². The van der Waals surface area contributed by atoms with Crippen molar-refractivity contribution < 1.29 is 5.11 Å². The minimum Gasteiger partial charge on any atom is -0.394 e. The third-order valence-corrected chi connectivity index (χ3v) is 3.47. The number of hydrogen-bond donors (Lipinski definition) is 2. The lowest BCUT2D eigenvalue weighted by molar-refractivity contribution is 0.111. The van der Waals surface area contributed by atoms with Gasteiger partial charge in [0.1, 0.15) is 0 Å². The van der Waals surface area contributed by atoms with E-state index in [1.807, 2.05) is 12.1 Å². The van der Waals surface area contributed by atoms with Gasteiger partial charge in [-0.15, -0.1) is 0 Å². The first-order valence-corrected chi connectivity index (χ1v) is 6.48. The summed E-state index contributed by atoms with van der Waals surface area (Å²) in [5, 5.41) is 14.1. The van der Waals surface area contributed by atoms with Crippen LogP contribution in [0.5, 0.6) is 0 Å². The Balaban J connectivity index is 2.21. The van der Waals surface area contributed by atoms with Gasteiger partial charge in [-0.3, -0.25) is 4.90 Å². The Bertz CT molecular complexity index is 361. The molecule has 0 spiro atoms. The summed E-state index contributed by atoms with van der Waals surface area (Å²) in [6.07, 6.45) is 0. The summed E-state index contributed by atoms with van der Waals surface area (Å²) < 4.78 is 0. The number of benzene rings is 1. The number of aliphatic hydroxyl groups excluding tert-OH is 1. The second-order valence-electron chi connectivity index (χ2n) is 4.19. The second-order valence-corrected chi connectivity index (χ2v) is 5.06. The van der Waals surface area contributed by atoms with Crippen LogP contribution in [0.15, 0.2) is 18.2 Å². The Morgan fingerprint density at radius 3 is 2.29 bits per heavy atom. The molecule has 0 aliphatic carbocycles. The number of hydrogen-bond acceptors (Lipinski definition) is 3. The van der Waals surface area contributed by atoms with E-state index < -0.39 is 0 Å². The fraction of sp³-hybridized carbons (Fsp3) is 0.500. The number of nitrogens with zero attached hydrogens (tertiary/aromatic N) is 1. The molecule has 1 aromatic carbocycles. The molecule has 1 atom stereocenters. The molecule has 1 heterocycles. The van der Waals surface area contributed by atoms with E-state index in [1.54, 1.807) is 6.07 Å². The zero-order valence-corrected chi connectivity index (χ0v) is 11.0. The van der Waals surface area contributed by atoms with Crippen LogP contribution in [-0.4, -0.2) is 42.8 Å². The fourth-order valence-electron chi connectivity index (χ4n) is 2.19. The molecule has 3 nitrogen and oxygen atoms in total. The summed E-state index contributed by atoms with van der Waals surface area (Å²) >= 11 is 12.0. The Kier molecular flexibility index (Phi) is 4.65. The van der Waals surface area contributed by atoms with Crippen LogP contribution in [0.25, 0.3) is 0 Å². The molecule has 0 amide bonds. The summed E-state index contributed by atoms with van der Waals surface area (Å²) in [6, 6.07) is 5.43. The van der Waals surface area contributed by atoms with Crippen LogP contribution in [0.3, 0.4) is 0 Å². The minimum atomic E-state index is -0.0201. The molecule has 1 aliphatic rings. The molecule has 0 radical (unpaired) electrons. The van der Waals surface area contributed by atoms with Crippen LogP contribution < -0.4 is 5.32 Å². The van der Waals surface area contributed by atoms with Crippen LogP contribution in [0.4, 0.5) is 0 Å². The van der Waals surface area contributed by atoms with E-state index in [4.69, 9.17) is 23.2 Å². The van der Waals surface area contributed by atoms with Crippen LogP contribution in [0, 0.1) is 0 Å². The third-order valence-electron chi connectivity index (χ3n) is 3.03. The molecule has 0 aromatic heterocycles. The molecule has 2 N–H and O–H groups in total. The normalized spacial score (nSPS) is 19.2. The average molecular weight is 275 g/mol. The van der Waals surface area contributed by atoms with Gasteiger partial charge in [0, 0.05) is 36.2 Å². The van der Waals surface area contributed by atoms with Crippen molar-refractivity contribution in [2.24, 2.45) is 0 Å². The molecule has 0 bridgehead atoms. The molecular formula is C12H16Cl2N2O. The number of rotatable bonds is 3. The quantitative estimate of drug-likeness (QED) is 0.884. The number of aliphatic hydroxyl groups is 1. The molecule has 17 heavy (non-hydrogen) atoms. The molecule has 1 aliphatic heterocycles. The van der Waals surface area contributed by atoms with Gasteiger partial charge in [-0.05, 0) is 23.8 Å². The molecule has 2 rings (SSSR count). The van der Waals surface area contributed by atoms with Gasteiger partial charge in [-0.2, -0.15) is 0 Å². The zero-order valence-electron chi connectivity index (χ0n) is 9.50. The van der Waals surface area contributed by atoms with Crippen molar-refractivity contribution in [2.45, 2.75) is 6.04 Å². The summed E-state index contributed by atoms with van der Waals surface area (Å²) in [5.41, 5.74) is 0.979. The number of halogens is 2. The fourth-order valence-corrected chi connectivity index (χ4v) is 2.74. The molecule has 1 saturated heterocycles. The smallest absolute Gasteiger partial charge is 0.0628 e. The highest BCUT2D eigenvalue weighted by Gasteiger charge is 2.21. The van der Waals surface area contributed by atoms with E-state index >= 15 is 0 Å². The maximum Gasteiger partial charge on any atom is 0.0628 e. The first-order chi connectivity index (χ1) is 8.20. The standard InChI is InChI=1S/C12H16Cl2N2O/c13-10-5-9(6-11(14)7-10)12(8-17)16-3-1-15-2-4-16/h5-7,12,15,17H,1-4,8H2/t12-/m1/s1. The predicted molar refractivity (Wildman–Crippen MR) is 70.7 cm³/mol. The summed E-state index contributed by atoms with van der Waals surface area (Å²) in [5.74, 6) is 0. The van der Waals surface area contributed by atoms with Gasteiger partial charge in [0.2, 0.25) is 0 Å². The maximum absolute atomic E-state index is 9.57. The first kappa shape index (κ1) is 13.1. The van der Waals surface area contributed by atoms with Gasteiger partial charge in [0.05, 0.1) is 12.6 Å². The van der Waals surface area contributed by atoms with E-state index in [0.717, 1.165) is 31.7 Å². The molecule has 0 unspecified atom stereocenters. The van der Waals surface area contributed by atoms with Crippen LogP contribution in [-0.2, 0) is 0 Å². The molecular weight excluding hydrogens is 259 g/mol. The Hall–Kier alpha value is -0.320. The molecule has 1 aromatic rings. The van der Waals surface area contributed by atoms with E-state index in [-0.39, 0.29) is 12.6 Å². The van der Waals surface area contributed by atoms with E-state index in [9.17, 15) is 5.11 Å². The lowest BCUT2D eigenvalue weighted by Gasteiger charge is -2.34. The van der Waals surface area contributed by atoms with Gasteiger partial charge in [-0.1, -0.05) is 23.2 Å². The minimum absolute atomic E-state index is 0.0201. The number of nitrogens with one attached hydrogen (secondary N) is 1. The van der Waals surface area contributed by atoms with Crippen molar-refractivity contribution in [3.63, 3.8) is 0 Å². The topological polar surface area (TPSA) is 35.5 Å². The van der Waals surface area contributed by atoms with Crippen molar-refractivity contribution in [2.75, 3.05) is 32.8 Å². The van der Waals surface area contributed by atoms with Crippen molar-refractivity contribution >= 4 is 23.2 Å². The van der Waals surface area contributed by atoms with E-state index in [2.05, 4.69) is 10.2 Å².